The number of nitrogens with one attached hydrogen (secondary N) is 1. The van der Waals surface area contributed by atoms with E-state index in [1.807, 2.05) is 12.1 Å². The van der Waals surface area contributed by atoms with Crippen molar-refractivity contribution in [1.82, 2.24) is 9.97 Å². The summed E-state index contributed by atoms with van der Waals surface area (Å²) in [6, 6.07) is 6.95. The molecule has 0 aliphatic carbocycles. The van der Waals surface area contributed by atoms with Gasteiger partial charge in [0.2, 0.25) is 5.56 Å². The molecule has 3 N–H and O–H groups in total. The summed E-state index contributed by atoms with van der Waals surface area (Å²) in [5, 5.41) is 0.914. The van der Waals surface area contributed by atoms with Gasteiger partial charge in [0.15, 0.2) is 0 Å². The van der Waals surface area contributed by atoms with E-state index in [0.29, 0.717) is 12.2 Å². The zero-order valence-electron chi connectivity index (χ0n) is 7.36. The Bertz CT molecular complexity index is 495. The Morgan fingerprint density at radius 2 is 2.00 bits per heavy atom. The second kappa shape index (κ2) is 4.21. The lowest BCUT2D eigenvalue weighted by atomic mass is 10.2. The third-order valence-electron chi connectivity index (χ3n) is 1.85. The van der Waals surface area contributed by atoms with Crippen LogP contribution in [0.2, 0.25) is 0 Å². The summed E-state index contributed by atoms with van der Waals surface area (Å²) in [6.07, 6.45) is 0. The molecule has 2 aromatic heterocycles. The monoisotopic (exact) mass is 211 g/mol. The van der Waals surface area contributed by atoms with Crippen LogP contribution in [0.25, 0.3) is 11.0 Å². The summed E-state index contributed by atoms with van der Waals surface area (Å²) < 4.78 is 0. The van der Waals surface area contributed by atoms with Crippen molar-refractivity contribution in [2.75, 3.05) is 0 Å². The summed E-state index contributed by atoms with van der Waals surface area (Å²) in [5.41, 5.74) is 6.65. The van der Waals surface area contributed by atoms with Gasteiger partial charge in [-0.1, -0.05) is 0 Å². The molecule has 0 aliphatic heterocycles. The number of aromatic amines is 1. The number of pyridine rings is 2. The van der Waals surface area contributed by atoms with Crippen LogP contribution in [0.3, 0.4) is 0 Å². The van der Waals surface area contributed by atoms with Crippen molar-refractivity contribution in [2.24, 2.45) is 5.73 Å². The van der Waals surface area contributed by atoms with Gasteiger partial charge in [0.25, 0.3) is 0 Å². The first-order valence-electron chi connectivity index (χ1n) is 3.98. The van der Waals surface area contributed by atoms with Crippen molar-refractivity contribution in [3.05, 3.63) is 40.3 Å². The fraction of sp³-hybridized carbons (Fsp3) is 0.111. The molecule has 0 aliphatic rings. The van der Waals surface area contributed by atoms with Crippen LogP contribution >= 0.6 is 12.4 Å². The van der Waals surface area contributed by atoms with Gasteiger partial charge in [-0.25, -0.2) is 4.98 Å². The van der Waals surface area contributed by atoms with Crippen LogP contribution in [-0.2, 0) is 6.54 Å². The van der Waals surface area contributed by atoms with Gasteiger partial charge in [0.1, 0.15) is 5.65 Å². The number of nitrogens with two attached hydrogens (primary N) is 1. The Hall–Kier alpha value is -1.39. The smallest absolute Gasteiger partial charge is 0.249 e. The van der Waals surface area contributed by atoms with Crippen LogP contribution in [0, 0.1) is 0 Å². The summed E-state index contributed by atoms with van der Waals surface area (Å²) >= 11 is 0. The van der Waals surface area contributed by atoms with Crippen molar-refractivity contribution < 1.29 is 0 Å². The molecule has 0 atom stereocenters. The Kier molecular flexibility index (Phi) is 3.22. The second-order valence-electron chi connectivity index (χ2n) is 2.77. The fourth-order valence-electron chi connectivity index (χ4n) is 1.18. The van der Waals surface area contributed by atoms with E-state index in [4.69, 9.17) is 5.73 Å². The highest BCUT2D eigenvalue weighted by atomic mass is 35.5. The van der Waals surface area contributed by atoms with Crippen molar-refractivity contribution >= 4 is 23.4 Å². The zero-order valence-corrected chi connectivity index (χ0v) is 8.17. The van der Waals surface area contributed by atoms with Crippen molar-refractivity contribution in [2.45, 2.75) is 6.54 Å². The fourth-order valence-corrected chi connectivity index (χ4v) is 1.18. The number of nitrogens with zero attached hydrogens (tertiary/aromatic N) is 1. The average molecular weight is 212 g/mol. The number of hydrogen-bond donors (Lipinski definition) is 2. The molecule has 0 saturated carbocycles. The van der Waals surface area contributed by atoms with Gasteiger partial charge in [0, 0.05) is 18.0 Å². The summed E-state index contributed by atoms with van der Waals surface area (Å²) in [4.78, 5) is 17.8. The summed E-state index contributed by atoms with van der Waals surface area (Å²) in [7, 11) is 0. The SMILES string of the molecule is Cl.NCc1ccc2ccc(=O)[nH]c2n1. The van der Waals surface area contributed by atoms with Crippen LogP contribution in [0.15, 0.2) is 29.1 Å². The van der Waals surface area contributed by atoms with E-state index in [1.54, 1.807) is 6.07 Å². The number of hydrogen-bond acceptors (Lipinski definition) is 3. The normalized spacial score (nSPS) is 9.79. The minimum absolute atomic E-state index is 0. The molecule has 0 bridgehead atoms. The Morgan fingerprint density at radius 3 is 2.71 bits per heavy atom. The van der Waals surface area contributed by atoms with E-state index in [9.17, 15) is 4.79 Å². The molecule has 0 spiro atoms. The Morgan fingerprint density at radius 1 is 1.29 bits per heavy atom. The first kappa shape index (κ1) is 10.7. The van der Waals surface area contributed by atoms with Crippen molar-refractivity contribution in [1.29, 1.82) is 0 Å². The maximum absolute atomic E-state index is 11.0. The van der Waals surface area contributed by atoms with E-state index < -0.39 is 0 Å². The maximum atomic E-state index is 11.0. The minimum Gasteiger partial charge on any atom is -0.325 e. The van der Waals surface area contributed by atoms with E-state index in [1.165, 1.54) is 6.07 Å². The highest BCUT2D eigenvalue weighted by Gasteiger charge is 1.96. The van der Waals surface area contributed by atoms with Crippen LogP contribution in [0.5, 0.6) is 0 Å². The third-order valence-corrected chi connectivity index (χ3v) is 1.85. The first-order chi connectivity index (χ1) is 6.29. The maximum Gasteiger partial charge on any atom is 0.249 e. The first-order valence-corrected chi connectivity index (χ1v) is 3.98. The molecule has 0 radical (unpaired) electrons. The van der Waals surface area contributed by atoms with E-state index in [0.717, 1.165) is 11.1 Å². The molecule has 74 valence electrons. The van der Waals surface area contributed by atoms with Gasteiger partial charge >= 0.3 is 0 Å². The molecular formula is C9H10ClN3O. The zero-order chi connectivity index (χ0) is 9.26. The van der Waals surface area contributed by atoms with Crippen LogP contribution < -0.4 is 11.3 Å². The lowest BCUT2D eigenvalue weighted by Crippen LogP contribution is -2.06. The molecule has 0 saturated heterocycles. The molecule has 0 fully saturated rings. The molecule has 4 nitrogen and oxygen atoms in total. The van der Waals surface area contributed by atoms with E-state index in [-0.39, 0.29) is 18.0 Å². The van der Waals surface area contributed by atoms with Gasteiger partial charge in [-0.2, -0.15) is 0 Å². The molecule has 5 heteroatoms. The minimum atomic E-state index is -0.144. The number of H-pyrrole nitrogens is 1. The predicted molar refractivity (Wildman–Crippen MR) is 57.5 cm³/mol. The number of rotatable bonds is 1. The Balaban J connectivity index is 0.000000980. The number of halogens is 1. The van der Waals surface area contributed by atoms with Crippen LogP contribution in [-0.4, -0.2) is 9.97 Å². The van der Waals surface area contributed by atoms with Gasteiger partial charge < -0.3 is 10.7 Å². The standard InChI is InChI=1S/C9H9N3O.ClH/c10-5-7-3-1-6-2-4-8(13)12-9(6)11-7;/h1-4H,5,10H2,(H,11,12,13);1H. The van der Waals surface area contributed by atoms with Gasteiger partial charge in [-0.05, 0) is 18.2 Å². The summed E-state index contributed by atoms with van der Waals surface area (Å²) in [5.74, 6) is 0. The van der Waals surface area contributed by atoms with E-state index >= 15 is 0 Å². The van der Waals surface area contributed by atoms with Crippen LogP contribution in [0.4, 0.5) is 0 Å². The molecule has 0 unspecified atom stereocenters. The topological polar surface area (TPSA) is 71.8 Å². The summed E-state index contributed by atoms with van der Waals surface area (Å²) in [6.45, 7) is 0.382. The largest absolute Gasteiger partial charge is 0.325 e. The predicted octanol–water partition coefficient (Wildman–Crippen LogP) is 0.804. The molecular weight excluding hydrogens is 202 g/mol. The average Bonchev–Trinajstić information content (AvgIpc) is 2.16. The molecule has 0 aromatic carbocycles. The number of aromatic nitrogens is 2. The number of fused-ring (bicyclic) bond motifs is 1. The molecule has 0 amide bonds. The third kappa shape index (κ3) is 1.92. The van der Waals surface area contributed by atoms with E-state index in [2.05, 4.69) is 9.97 Å². The quantitative estimate of drug-likeness (QED) is 0.733. The highest BCUT2D eigenvalue weighted by Crippen LogP contribution is 2.06. The lowest BCUT2D eigenvalue weighted by Gasteiger charge is -1.98. The van der Waals surface area contributed by atoms with Crippen LogP contribution in [0.1, 0.15) is 5.69 Å². The molecule has 2 rings (SSSR count). The van der Waals surface area contributed by atoms with Gasteiger partial charge in [-0.15, -0.1) is 12.4 Å². The molecule has 2 heterocycles. The lowest BCUT2D eigenvalue weighted by molar-refractivity contribution is 0.997. The Labute approximate surface area is 86.6 Å². The van der Waals surface area contributed by atoms with Crippen molar-refractivity contribution in [3.8, 4) is 0 Å². The highest BCUT2D eigenvalue weighted by molar-refractivity contribution is 5.85. The van der Waals surface area contributed by atoms with Gasteiger partial charge in [0.05, 0.1) is 5.69 Å². The molecule has 2 aromatic rings. The molecule has 14 heavy (non-hydrogen) atoms. The van der Waals surface area contributed by atoms with Gasteiger partial charge in [-0.3, -0.25) is 4.79 Å². The van der Waals surface area contributed by atoms with Crippen molar-refractivity contribution in [3.63, 3.8) is 0 Å². The second-order valence-corrected chi connectivity index (χ2v) is 2.77.